The number of ether oxygens (including phenoxy) is 1. The van der Waals surface area contributed by atoms with Crippen molar-refractivity contribution in [1.29, 1.82) is 0 Å². The molecule has 144 valence electrons. The zero-order chi connectivity index (χ0) is 19.4. The molecule has 27 heavy (non-hydrogen) atoms. The topological polar surface area (TPSA) is 108 Å². The maximum Gasteiger partial charge on any atom is 0.322 e. The van der Waals surface area contributed by atoms with Crippen molar-refractivity contribution in [2.75, 3.05) is 26.7 Å². The molecule has 0 unspecified atom stereocenters. The summed E-state index contributed by atoms with van der Waals surface area (Å²) in [7, 11) is 1.60. The van der Waals surface area contributed by atoms with Crippen molar-refractivity contribution in [2.24, 2.45) is 0 Å². The van der Waals surface area contributed by atoms with Crippen molar-refractivity contribution in [3.8, 4) is 5.75 Å². The fraction of sp³-hybridized carbons (Fsp3) is 0.444. The number of imide groups is 1. The third-order valence-corrected chi connectivity index (χ3v) is 4.71. The van der Waals surface area contributed by atoms with Gasteiger partial charge in [-0.15, -0.1) is 0 Å². The number of benzene rings is 1. The molecule has 0 saturated carbocycles. The zero-order valence-electron chi connectivity index (χ0n) is 15.1. The normalized spacial score (nSPS) is 19.7. The molecule has 1 aromatic rings. The van der Waals surface area contributed by atoms with Crippen molar-refractivity contribution >= 4 is 23.8 Å². The zero-order valence-corrected chi connectivity index (χ0v) is 15.1. The van der Waals surface area contributed by atoms with Crippen molar-refractivity contribution < 1.29 is 23.9 Å². The number of hydrogen-bond donors (Lipinski definition) is 2. The van der Waals surface area contributed by atoms with E-state index < -0.39 is 18.0 Å². The van der Waals surface area contributed by atoms with Gasteiger partial charge in [0.25, 0.3) is 5.91 Å². The molecule has 1 aromatic carbocycles. The van der Waals surface area contributed by atoms with Gasteiger partial charge >= 0.3 is 6.03 Å². The van der Waals surface area contributed by atoms with Crippen LogP contribution in [0.1, 0.15) is 18.4 Å². The van der Waals surface area contributed by atoms with E-state index in [2.05, 4.69) is 10.6 Å². The van der Waals surface area contributed by atoms with Crippen LogP contribution in [0.25, 0.3) is 0 Å². The molecule has 5 amide bonds. The first-order valence-electron chi connectivity index (χ1n) is 8.76. The summed E-state index contributed by atoms with van der Waals surface area (Å²) in [6.07, 6.45) is 0.320. The van der Waals surface area contributed by atoms with Gasteiger partial charge in [0, 0.05) is 26.1 Å². The lowest BCUT2D eigenvalue weighted by atomic mass is 10.1. The second-order valence-electron chi connectivity index (χ2n) is 6.53. The van der Waals surface area contributed by atoms with Gasteiger partial charge in [0.05, 0.1) is 13.7 Å². The lowest BCUT2D eigenvalue weighted by Gasteiger charge is -2.34. The first-order chi connectivity index (χ1) is 13.0. The molecule has 2 fully saturated rings. The minimum atomic E-state index is -0.687. The molecule has 2 aliphatic heterocycles. The average molecular weight is 374 g/mol. The van der Waals surface area contributed by atoms with Crippen molar-refractivity contribution in [3.63, 3.8) is 0 Å². The van der Waals surface area contributed by atoms with E-state index in [0.29, 0.717) is 19.6 Å². The molecule has 1 atom stereocenters. The second kappa shape index (κ2) is 8.07. The van der Waals surface area contributed by atoms with Gasteiger partial charge in [0.15, 0.2) is 0 Å². The summed E-state index contributed by atoms with van der Waals surface area (Å²) in [6.45, 7) is 1.42. The predicted molar refractivity (Wildman–Crippen MR) is 94.7 cm³/mol. The molecule has 3 rings (SSSR count). The summed E-state index contributed by atoms with van der Waals surface area (Å²) < 4.78 is 5.12. The molecule has 2 N–H and O–H groups in total. The smallest absolute Gasteiger partial charge is 0.322 e. The number of hydrogen-bond acceptors (Lipinski definition) is 5. The SMILES string of the molecule is COc1ccc(CN2CCN(C(=O)CC[C@@H]3NC(=O)NC3=O)CC2=O)cc1. The Kier molecular flexibility index (Phi) is 5.58. The summed E-state index contributed by atoms with van der Waals surface area (Å²) in [5.74, 6) is 0.0274. The summed E-state index contributed by atoms with van der Waals surface area (Å²) in [5.41, 5.74) is 0.993. The summed E-state index contributed by atoms with van der Waals surface area (Å²) in [6, 6.07) is 6.28. The fourth-order valence-electron chi connectivity index (χ4n) is 3.13. The van der Waals surface area contributed by atoms with Crippen LogP contribution in [0.2, 0.25) is 0 Å². The largest absolute Gasteiger partial charge is 0.497 e. The Bertz CT molecular complexity index is 749. The van der Waals surface area contributed by atoms with Gasteiger partial charge in [0.2, 0.25) is 11.8 Å². The molecule has 9 heteroatoms. The maximum absolute atomic E-state index is 12.4. The highest BCUT2D eigenvalue weighted by molar-refractivity contribution is 6.04. The Hall–Kier alpha value is -3.10. The predicted octanol–water partition coefficient (Wildman–Crippen LogP) is -0.146. The van der Waals surface area contributed by atoms with Gasteiger partial charge in [-0.1, -0.05) is 12.1 Å². The lowest BCUT2D eigenvalue weighted by molar-refractivity contribution is -0.145. The monoisotopic (exact) mass is 374 g/mol. The van der Waals surface area contributed by atoms with E-state index in [1.807, 2.05) is 24.3 Å². The van der Waals surface area contributed by atoms with Crippen LogP contribution in [0.15, 0.2) is 24.3 Å². The van der Waals surface area contributed by atoms with Gasteiger partial charge in [-0.05, 0) is 24.1 Å². The Morgan fingerprint density at radius 1 is 1.19 bits per heavy atom. The van der Waals surface area contributed by atoms with Gasteiger partial charge in [0.1, 0.15) is 11.8 Å². The van der Waals surface area contributed by atoms with Crippen LogP contribution in [0, 0.1) is 0 Å². The van der Waals surface area contributed by atoms with E-state index in [1.54, 1.807) is 12.0 Å². The molecule has 2 saturated heterocycles. The van der Waals surface area contributed by atoms with E-state index in [0.717, 1.165) is 11.3 Å². The molecule has 0 radical (unpaired) electrons. The van der Waals surface area contributed by atoms with Crippen molar-refractivity contribution in [1.82, 2.24) is 20.4 Å². The molecule has 0 bridgehead atoms. The molecule has 2 heterocycles. The number of carbonyl (C=O) groups excluding carboxylic acids is 4. The summed E-state index contributed by atoms with van der Waals surface area (Å²) >= 11 is 0. The first-order valence-corrected chi connectivity index (χ1v) is 8.76. The molecule has 9 nitrogen and oxygen atoms in total. The highest BCUT2D eigenvalue weighted by Crippen LogP contribution is 2.15. The van der Waals surface area contributed by atoms with Crippen LogP contribution in [0.5, 0.6) is 5.75 Å². The number of nitrogens with zero attached hydrogens (tertiary/aromatic N) is 2. The minimum absolute atomic E-state index is 0.0260. The molecule has 0 aliphatic carbocycles. The van der Waals surface area contributed by atoms with E-state index in [-0.39, 0.29) is 31.2 Å². The Labute approximate surface area is 156 Å². The van der Waals surface area contributed by atoms with E-state index in [4.69, 9.17) is 4.74 Å². The highest BCUT2D eigenvalue weighted by atomic mass is 16.5. The Balaban J connectivity index is 1.47. The standard InChI is InChI=1S/C18H22N4O5/c1-27-13-4-2-12(3-5-13)10-21-8-9-22(11-16(21)24)15(23)7-6-14-17(25)20-18(26)19-14/h2-5,14H,6-11H2,1H3,(H2,19,20,25,26)/t14-/m0/s1. The van der Waals surface area contributed by atoms with Gasteiger partial charge in [-0.3, -0.25) is 19.7 Å². The number of nitrogens with one attached hydrogen (secondary N) is 2. The van der Waals surface area contributed by atoms with Crippen LogP contribution < -0.4 is 15.4 Å². The summed E-state index contributed by atoms with van der Waals surface area (Å²) in [5, 5.41) is 4.59. The third kappa shape index (κ3) is 4.55. The number of rotatable bonds is 6. The fourth-order valence-corrected chi connectivity index (χ4v) is 3.13. The van der Waals surface area contributed by atoms with Crippen LogP contribution in [0.4, 0.5) is 4.79 Å². The van der Waals surface area contributed by atoms with Gasteiger partial charge in [-0.2, -0.15) is 0 Å². The molecular weight excluding hydrogens is 352 g/mol. The number of methoxy groups -OCH3 is 1. The first kappa shape index (κ1) is 18.7. The Morgan fingerprint density at radius 2 is 1.93 bits per heavy atom. The number of piperazine rings is 1. The molecule has 0 aromatic heterocycles. The quantitative estimate of drug-likeness (QED) is 0.674. The van der Waals surface area contributed by atoms with E-state index in [1.165, 1.54) is 4.90 Å². The minimum Gasteiger partial charge on any atom is -0.497 e. The number of urea groups is 1. The second-order valence-corrected chi connectivity index (χ2v) is 6.53. The summed E-state index contributed by atoms with van der Waals surface area (Å²) in [4.78, 5) is 50.5. The van der Waals surface area contributed by atoms with Crippen LogP contribution in [-0.2, 0) is 20.9 Å². The van der Waals surface area contributed by atoms with Crippen molar-refractivity contribution in [3.05, 3.63) is 29.8 Å². The van der Waals surface area contributed by atoms with Gasteiger partial charge in [-0.25, -0.2) is 4.79 Å². The molecule has 2 aliphatic rings. The van der Waals surface area contributed by atoms with Gasteiger partial charge < -0.3 is 19.9 Å². The van der Waals surface area contributed by atoms with Crippen LogP contribution in [-0.4, -0.2) is 66.3 Å². The van der Waals surface area contributed by atoms with Crippen LogP contribution >= 0.6 is 0 Å². The third-order valence-electron chi connectivity index (χ3n) is 4.71. The highest BCUT2D eigenvalue weighted by Gasteiger charge is 2.31. The maximum atomic E-state index is 12.4. The molecular formula is C18H22N4O5. The lowest BCUT2D eigenvalue weighted by Crippen LogP contribution is -2.52. The number of amides is 5. The molecule has 0 spiro atoms. The van der Waals surface area contributed by atoms with Crippen molar-refractivity contribution in [2.45, 2.75) is 25.4 Å². The van der Waals surface area contributed by atoms with E-state index >= 15 is 0 Å². The average Bonchev–Trinajstić information content (AvgIpc) is 2.99. The number of carbonyl (C=O) groups is 4. The van der Waals surface area contributed by atoms with Crippen LogP contribution in [0.3, 0.4) is 0 Å². The van der Waals surface area contributed by atoms with E-state index in [9.17, 15) is 19.2 Å². The Morgan fingerprint density at radius 3 is 2.52 bits per heavy atom.